The predicted molar refractivity (Wildman–Crippen MR) is 120 cm³/mol. The maximum atomic E-state index is 12.6. The molecule has 3 aromatic rings. The number of nitrogens with one attached hydrogen (secondary N) is 1. The highest BCUT2D eigenvalue weighted by Gasteiger charge is 2.17. The van der Waals surface area contributed by atoms with Crippen LogP contribution in [0.15, 0.2) is 72.8 Å². The molecule has 0 fully saturated rings. The van der Waals surface area contributed by atoms with Crippen LogP contribution in [-0.2, 0) is 22.7 Å². The Labute approximate surface area is 183 Å². The fraction of sp³-hybridized carbons (Fsp3) is 0.130. The van der Waals surface area contributed by atoms with E-state index in [0.717, 1.165) is 11.1 Å². The molecule has 1 amide bonds. The highest BCUT2D eigenvalue weighted by Crippen LogP contribution is 2.33. The molecule has 0 saturated carbocycles. The van der Waals surface area contributed by atoms with E-state index in [1.54, 1.807) is 12.1 Å². The molecule has 6 heteroatoms. The molecule has 0 atom stereocenters. The number of benzene rings is 3. The maximum Gasteiger partial charge on any atom is 0.338 e. The number of hydrogen-bond acceptors (Lipinski definition) is 4. The Kier molecular flexibility index (Phi) is 7.24. The topological polar surface area (TPSA) is 64.6 Å². The predicted octanol–water partition coefficient (Wildman–Crippen LogP) is 5.19. The summed E-state index contributed by atoms with van der Waals surface area (Å²) in [5.41, 5.74) is 2.79. The van der Waals surface area contributed by atoms with Gasteiger partial charge in [0.1, 0.15) is 19.0 Å². The van der Waals surface area contributed by atoms with Crippen molar-refractivity contribution >= 4 is 40.2 Å². The Balaban J connectivity index is 1.80. The Morgan fingerprint density at radius 2 is 1.48 bits per heavy atom. The van der Waals surface area contributed by atoms with E-state index in [1.807, 2.05) is 60.7 Å². The Bertz CT molecular complexity index is 991. The summed E-state index contributed by atoms with van der Waals surface area (Å²) in [6.45, 7) is 1.93. The fourth-order valence-electron chi connectivity index (χ4n) is 2.65. The van der Waals surface area contributed by atoms with Gasteiger partial charge in [0.05, 0.1) is 11.3 Å². The molecule has 3 aromatic carbocycles. The van der Waals surface area contributed by atoms with E-state index in [4.69, 9.17) is 9.47 Å². The molecule has 5 nitrogen and oxygen atoms in total. The van der Waals surface area contributed by atoms with Crippen LogP contribution in [0.1, 0.15) is 28.4 Å². The van der Waals surface area contributed by atoms with Gasteiger partial charge in [0, 0.05) is 10.5 Å². The van der Waals surface area contributed by atoms with Gasteiger partial charge >= 0.3 is 5.97 Å². The van der Waals surface area contributed by atoms with Crippen molar-refractivity contribution < 1.29 is 19.1 Å². The molecule has 0 radical (unpaired) electrons. The van der Waals surface area contributed by atoms with E-state index in [9.17, 15) is 9.59 Å². The number of carbonyl (C=O) groups is 2. The Morgan fingerprint density at radius 3 is 2.07 bits per heavy atom. The molecule has 1 N–H and O–H groups in total. The third kappa shape index (κ3) is 6.05. The van der Waals surface area contributed by atoms with Crippen molar-refractivity contribution in [2.24, 2.45) is 0 Å². The molecule has 0 bridgehead atoms. The second kappa shape index (κ2) is 10.1. The van der Waals surface area contributed by atoms with Gasteiger partial charge in [-0.15, -0.1) is 0 Å². The lowest BCUT2D eigenvalue weighted by atomic mass is 10.1. The smallest absolute Gasteiger partial charge is 0.338 e. The van der Waals surface area contributed by atoms with E-state index < -0.39 is 5.97 Å². The van der Waals surface area contributed by atoms with E-state index in [0.29, 0.717) is 27.2 Å². The van der Waals surface area contributed by atoms with Gasteiger partial charge in [-0.1, -0.05) is 60.7 Å². The number of rotatable bonds is 7. The van der Waals surface area contributed by atoms with Crippen LogP contribution in [0.25, 0.3) is 0 Å². The van der Waals surface area contributed by atoms with Gasteiger partial charge in [0.2, 0.25) is 5.91 Å². The van der Waals surface area contributed by atoms with E-state index >= 15 is 0 Å². The van der Waals surface area contributed by atoms with Gasteiger partial charge in [-0.3, -0.25) is 4.79 Å². The first kappa shape index (κ1) is 20.9. The second-order valence-corrected chi connectivity index (χ2v) is 7.51. The molecule has 0 saturated heterocycles. The molecular formula is C23H20INO4. The van der Waals surface area contributed by atoms with Crippen LogP contribution in [-0.4, -0.2) is 11.9 Å². The number of carbonyl (C=O) groups excluding carboxylic acids is 2. The van der Waals surface area contributed by atoms with Gasteiger partial charge in [-0.2, -0.15) is 0 Å². The van der Waals surface area contributed by atoms with Gasteiger partial charge in [-0.05, 0) is 45.9 Å². The Morgan fingerprint density at radius 1 is 0.897 bits per heavy atom. The Hall–Kier alpha value is -2.87. The number of halogens is 1. The minimum atomic E-state index is -0.453. The third-order valence-electron chi connectivity index (χ3n) is 4.04. The van der Waals surface area contributed by atoms with Crippen LogP contribution < -0.4 is 10.1 Å². The van der Waals surface area contributed by atoms with Crippen LogP contribution >= 0.6 is 22.6 Å². The normalized spacial score (nSPS) is 10.3. The van der Waals surface area contributed by atoms with Gasteiger partial charge in [0.25, 0.3) is 0 Å². The third-order valence-corrected chi connectivity index (χ3v) is 4.89. The fourth-order valence-corrected chi connectivity index (χ4v) is 3.39. The summed E-state index contributed by atoms with van der Waals surface area (Å²) in [6, 6.07) is 22.4. The van der Waals surface area contributed by atoms with E-state index in [-0.39, 0.29) is 12.5 Å². The molecule has 0 aliphatic heterocycles. The first-order valence-corrected chi connectivity index (χ1v) is 10.1. The highest BCUT2D eigenvalue weighted by molar-refractivity contribution is 14.1. The van der Waals surface area contributed by atoms with Crippen molar-refractivity contribution in [1.29, 1.82) is 0 Å². The summed E-state index contributed by atoms with van der Waals surface area (Å²) >= 11 is 2.07. The van der Waals surface area contributed by atoms with Crippen molar-refractivity contribution in [3.05, 3.63) is 93.1 Å². The summed E-state index contributed by atoms with van der Waals surface area (Å²) < 4.78 is 12.0. The summed E-state index contributed by atoms with van der Waals surface area (Å²) in [6.07, 6.45) is 0. The van der Waals surface area contributed by atoms with Crippen LogP contribution in [0.4, 0.5) is 5.69 Å². The molecule has 148 valence electrons. The van der Waals surface area contributed by atoms with Crippen LogP contribution in [0, 0.1) is 3.57 Å². The largest absolute Gasteiger partial charge is 0.487 e. The molecule has 0 aliphatic carbocycles. The zero-order valence-electron chi connectivity index (χ0n) is 15.9. The number of ether oxygens (including phenoxy) is 2. The molecule has 29 heavy (non-hydrogen) atoms. The first-order chi connectivity index (χ1) is 14.0. The summed E-state index contributed by atoms with van der Waals surface area (Å²) in [4.78, 5) is 24.2. The number of amides is 1. The zero-order valence-corrected chi connectivity index (χ0v) is 18.0. The maximum absolute atomic E-state index is 12.6. The molecule has 3 rings (SSSR count). The molecule has 0 unspecified atom stereocenters. The summed E-state index contributed by atoms with van der Waals surface area (Å²) in [5, 5.41) is 2.78. The quantitative estimate of drug-likeness (QED) is 0.358. The average Bonchev–Trinajstić information content (AvgIpc) is 2.73. The number of anilines is 1. The highest BCUT2D eigenvalue weighted by atomic mass is 127. The second-order valence-electron chi connectivity index (χ2n) is 6.35. The van der Waals surface area contributed by atoms with Crippen molar-refractivity contribution in [2.75, 3.05) is 5.32 Å². The lowest BCUT2D eigenvalue weighted by Crippen LogP contribution is -2.12. The van der Waals surface area contributed by atoms with E-state index in [2.05, 4.69) is 27.9 Å². The van der Waals surface area contributed by atoms with Crippen molar-refractivity contribution in [2.45, 2.75) is 20.1 Å². The first-order valence-electron chi connectivity index (χ1n) is 9.02. The summed E-state index contributed by atoms with van der Waals surface area (Å²) in [7, 11) is 0. The number of hydrogen-bond donors (Lipinski definition) is 1. The minimum absolute atomic E-state index is 0.184. The van der Waals surface area contributed by atoms with Crippen LogP contribution in [0.3, 0.4) is 0 Å². The van der Waals surface area contributed by atoms with Gasteiger partial charge in [-0.25, -0.2) is 4.79 Å². The monoisotopic (exact) mass is 501 g/mol. The SMILES string of the molecule is CC(=O)Nc1c(I)cc(C(=O)OCc2ccccc2)cc1OCc1ccccc1. The summed E-state index contributed by atoms with van der Waals surface area (Å²) in [5.74, 6) is -0.250. The molecular weight excluding hydrogens is 481 g/mol. The van der Waals surface area contributed by atoms with Crippen molar-refractivity contribution in [3.8, 4) is 5.75 Å². The lowest BCUT2D eigenvalue weighted by molar-refractivity contribution is -0.114. The standard InChI is InChI=1S/C23H20INO4/c1-16(26)25-22-20(24)12-19(23(27)29-15-18-10-6-3-7-11-18)13-21(22)28-14-17-8-4-2-5-9-17/h2-13H,14-15H2,1H3,(H,25,26). The molecule has 0 spiro atoms. The average molecular weight is 501 g/mol. The number of esters is 1. The molecule has 0 aliphatic rings. The minimum Gasteiger partial charge on any atom is -0.487 e. The van der Waals surface area contributed by atoms with Crippen LogP contribution in [0.2, 0.25) is 0 Å². The van der Waals surface area contributed by atoms with Gasteiger partial charge < -0.3 is 14.8 Å². The molecule has 0 aromatic heterocycles. The van der Waals surface area contributed by atoms with E-state index in [1.165, 1.54) is 6.92 Å². The van der Waals surface area contributed by atoms with Crippen molar-refractivity contribution in [3.63, 3.8) is 0 Å². The van der Waals surface area contributed by atoms with Crippen molar-refractivity contribution in [1.82, 2.24) is 0 Å². The zero-order chi connectivity index (χ0) is 20.6. The van der Waals surface area contributed by atoms with Crippen LogP contribution in [0.5, 0.6) is 5.75 Å². The lowest BCUT2D eigenvalue weighted by Gasteiger charge is -2.15. The molecule has 0 heterocycles. The van der Waals surface area contributed by atoms with Gasteiger partial charge in [0.15, 0.2) is 0 Å².